The van der Waals surface area contributed by atoms with E-state index in [2.05, 4.69) is 16.9 Å². The number of thioether (sulfide) groups is 1. The minimum atomic E-state index is -0.122. The summed E-state index contributed by atoms with van der Waals surface area (Å²) in [6.45, 7) is 6.12. The third kappa shape index (κ3) is 4.68. The number of rotatable bonds is 7. The second kappa shape index (κ2) is 9.25. The van der Waals surface area contributed by atoms with Gasteiger partial charge in [-0.1, -0.05) is 30.3 Å². The predicted molar refractivity (Wildman–Crippen MR) is 95.4 cm³/mol. The molecule has 0 aliphatic carbocycles. The van der Waals surface area contributed by atoms with Crippen LogP contribution in [0.2, 0.25) is 5.15 Å². The molecule has 5 nitrogen and oxygen atoms in total. The van der Waals surface area contributed by atoms with Crippen molar-refractivity contribution in [2.24, 2.45) is 4.99 Å². The molecule has 0 saturated carbocycles. The molecule has 1 amide bonds. The quantitative estimate of drug-likeness (QED) is 0.555. The summed E-state index contributed by atoms with van der Waals surface area (Å²) in [4.78, 5) is 23.2. The van der Waals surface area contributed by atoms with Gasteiger partial charge in [0.05, 0.1) is 5.56 Å². The Balaban J connectivity index is 2.12. The topological polar surface area (TPSA) is 54.8 Å². The predicted octanol–water partition coefficient (Wildman–Crippen LogP) is 3.49. The first-order valence-electron chi connectivity index (χ1n) is 7.88. The molecule has 0 radical (unpaired) electrons. The van der Waals surface area contributed by atoms with Crippen molar-refractivity contribution >= 4 is 34.4 Å². The van der Waals surface area contributed by atoms with Crippen molar-refractivity contribution in [1.82, 2.24) is 9.88 Å². The summed E-state index contributed by atoms with van der Waals surface area (Å²) in [6.07, 6.45) is 3.32. The van der Waals surface area contributed by atoms with Crippen LogP contribution >= 0.6 is 23.4 Å². The lowest BCUT2D eigenvalue weighted by Crippen LogP contribution is -2.39. The van der Waals surface area contributed by atoms with Crippen LogP contribution in [-0.4, -0.2) is 52.5 Å². The lowest BCUT2D eigenvalue weighted by Gasteiger charge is -2.23. The molecule has 0 bridgehead atoms. The molecule has 0 aromatic carbocycles. The molecule has 1 aliphatic heterocycles. The second-order valence-corrected chi connectivity index (χ2v) is 6.45. The molecule has 126 valence electrons. The summed E-state index contributed by atoms with van der Waals surface area (Å²) in [6, 6.07) is 3.58. The van der Waals surface area contributed by atoms with Crippen molar-refractivity contribution in [3.05, 3.63) is 29.0 Å². The van der Waals surface area contributed by atoms with Crippen molar-refractivity contribution in [3.63, 3.8) is 0 Å². The lowest BCUT2D eigenvalue weighted by molar-refractivity contribution is 0.0818. The standard InChI is InChI=1S/C16H22ClN3O2S/c1-3-12-11-23-16(19-9-6-10-22-4-2)20(12)15(21)13-7-5-8-18-14(13)17/h5,7-8,12H,3-4,6,9-11H2,1-2H3/t12-/m1/s1. The first kappa shape index (κ1) is 18.2. The highest BCUT2D eigenvalue weighted by Gasteiger charge is 2.35. The first-order valence-corrected chi connectivity index (χ1v) is 9.24. The van der Waals surface area contributed by atoms with Crippen LogP contribution in [0.1, 0.15) is 37.0 Å². The fourth-order valence-electron chi connectivity index (χ4n) is 2.31. The van der Waals surface area contributed by atoms with E-state index in [-0.39, 0.29) is 17.1 Å². The highest BCUT2D eigenvalue weighted by atomic mass is 35.5. The molecule has 1 aromatic heterocycles. The zero-order chi connectivity index (χ0) is 16.7. The fourth-order valence-corrected chi connectivity index (χ4v) is 3.79. The highest BCUT2D eigenvalue weighted by Crippen LogP contribution is 2.29. The number of hydrogen-bond acceptors (Lipinski definition) is 5. The molecule has 2 heterocycles. The normalized spacial score (nSPS) is 19.5. The number of ether oxygens (including phenoxy) is 1. The molecular formula is C16H22ClN3O2S. The molecule has 0 N–H and O–H groups in total. The van der Waals surface area contributed by atoms with Crippen LogP contribution in [0.15, 0.2) is 23.3 Å². The summed E-state index contributed by atoms with van der Waals surface area (Å²) in [5, 5.41) is 1.01. The number of aliphatic imine (C=N–C) groups is 1. The van der Waals surface area contributed by atoms with E-state index < -0.39 is 0 Å². The number of amidine groups is 1. The Hall–Kier alpha value is -1.11. The Labute approximate surface area is 146 Å². The van der Waals surface area contributed by atoms with Gasteiger partial charge in [0.2, 0.25) is 0 Å². The average Bonchev–Trinajstić information content (AvgIpc) is 2.97. The van der Waals surface area contributed by atoms with Crippen LogP contribution in [0.4, 0.5) is 0 Å². The SMILES string of the molecule is CCOCCCN=C1SC[C@@H](CC)N1C(=O)c1cccnc1Cl. The van der Waals surface area contributed by atoms with Crippen molar-refractivity contribution in [3.8, 4) is 0 Å². The summed E-state index contributed by atoms with van der Waals surface area (Å²) in [5.74, 6) is 0.744. The van der Waals surface area contributed by atoms with E-state index in [1.54, 1.807) is 35.0 Å². The van der Waals surface area contributed by atoms with Crippen LogP contribution in [0, 0.1) is 0 Å². The Morgan fingerprint density at radius 2 is 2.39 bits per heavy atom. The van der Waals surface area contributed by atoms with Gasteiger partial charge in [0, 0.05) is 37.8 Å². The van der Waals surface area contributed by atoms with Crippen LogP contribution < -0.4 is 0 Å². The molecular weight excluding hydrogens is 334 g/mol. The van der Waals surface area contributed by atoms with Gasteiger partial charge < -0.3 is 4.74 Å². The number of halogens is 1. The summed E-state index contributed by atoms with van der Waals surface area (Å²) in [5.41, 5.74) is 0.428. The van der Waals surface area contributed by atoms with E-state index >= 15 is 0 Å². The van der Waals surface area contributed by atoms with Crippen molar-refractivity contribution in [2.75, 3.05) is 25.5 Å². The Morgan fingerprint density at radius 3 is 3.09 bits per heavy atom. The van der Waals surface area contributed by atoms with Crippen LogP contribution in [0.25, 0.3) is 0 Å². The van der Waals surface area contributed by atoms with E-state index in [4.69, 9.17) is 16.3 Å². The molecule has 0 unspecified atom stereocenters. The number of aromatic nitrogens is 1. The number of nitrogens with zero attached hydrogens (tertiary/aromatic N) is 3. The minimum absolute atomic E-state index is 0.122. The molecule has 7 heteroatoms. The zero-order valence-corrected chi connectivity index (χ0v) is 15.1. The van der Waals surface area contributed by atoms with Gasteiger partial charge in [0.25, 0.3) is 5.91 Å². The van der Waals surface area contributed by atoms with E-state index in [0.717, 1.165) is 23.8 Å². The van der Waals surface area contributed by atoms with E-state index in [1.165, 1.54) is 0 Å². The van der Waals surface area contributed by atoms with Crippen LogP contribution in [0.5, 0.6) is 0 Å². The van der Waals surface area contributed by atoms with Gasteiger partial charge in [-0.15, -0.1) is 0 Å². The van der Waals surface area contributed by atoms with Gasteiger partial charge >= 0.3 is 0 Å². The van der Waals surface area contributed by atoms with Gasteiger partial charge in [-0.2, -0.15) is 0 Å². The summed E-state index contributed by atoms with van der Waals surface area (Å²) < 4.78 is 5.32. The fraction of sp³-hybridized carbons (Fsp3) is 0.562. The van der Waals surface area contributed by atoms with Gasteiger partial charge in [-0.3, -0.25) is 14.7 Å². The number of carbonyl (C=O) groups excluding carboxylic acids is 1. The largest absolute Gasteiger partial charge is 0.382 e. The third-order valence-corrected chi connectivity index (χ3v) is 4.99. The smallest absolute Gasteiger partial charge is 0.263 e. The first-order chi connectivity index (χ1) is 11.2. The van der Waals surface area contributed by atoms with Gasteiger partial charge in [0.15, 0.2) is 5.17 Å². The van der Waals surface area contributed by atoms with Crippen molar-refractivity contribution in [2.45, 2.75) is 32.7 Å². The Morgan fingerprint density at radius 1 is 1.57 bits per heavy atom. The van der Waals surface area contributed by atoms with Crippen LogP contribution in [0.3, 0.4) is 0 Å². The molecule has 1 fully saturated rings. The Bertz CT molecular complexity index is 568. The van der Waals surface area contributed by atoms with Gasteiger partial charge in [-0.25, -0.2) is 4.98 Å². The van der Waals surface area contributed by atoms with Crippen molar-refractivity contribution in [1.29, 1.82) is 0 Å². The maximum atomic E-state index is 12.9. The van der Waals surface area contributed by atoms with Crippen LogP contribution in [-0.2, 0) is 4.74 Å². The number of carbonyl (C=O) groups is 1. The number of amides is 1. The van der Waals surface area contributed by atoms with Crippen molar-refractivity contribution < 1.29 is 9.53 Å². The molecule has 2 rings (SSSR count). The second-order valence-electron chi connectivity index (χ2n) is 5.10. The molecule has 1 atom stereocenters. The monoisotopic (exact) mass is 355 g/mol. The molecule has 0 spiro atoms. The average molecular weight is 356 g/mol. The van der Waals surface area contributed by atoms with E-state index in [9.17, 15) is 4.79 Å². The molecule has 23 heavy (non-hydrogen) atoms. The lowest BCUT2D eigenvalue weighted by atomic mass is 10.2. The van der Waals surface area contributed by atoms with E-state index in [0.29, 0.717) is 25.3 Å². The molecule has 1 aliphatic rings. The minimum Gasteiger partial charge on any atom is -0.382 e. The Kier molecular flexibility index (Phi) is 7.33. The molecule has 1 saturated heterocycles. The van der Waals surface area contributed by atoms with Gasteiger partial charge in [0.1, 0.15) is 5.15 Å². The highest BCUT2D eigenvalue weighted by molar-refractivity contribution is 8.14. The summed E-state index contributed by atoms with van der Waals surface area (Å²) >= 11 is 7.70. The maximum Gasteiger partial charge on any atom is 0.263 e. The zero-order valence-electron chi connectivity index (χ0n) is 13.5. The number of hydrogen-bond donors (Lipinski definition) is 0. The maximum absolute atomic E-state index is 12.9. The summed E-state index contributed by atoms with van der Waals surface area (Å²) in [7, 11) is 0. The van der Waals surface area contributed by atoms with E-state index in [1.807, 2.05) is 6.92 Å². The number of pyridine rings is 1. The third-order valence-electron chi connectivity index (χ3n) is 3.55. The van der Waals surface area contributed by atoms with Gasteiger partial charge in [-0.05, 0) is 31.9 Å². The molecule has 1 aromatic rings.